The second-order valence-corrected chi connectivity index (χ2v) is 5.53. The van der Waals surface area contributed by atoms with Gasteiger partial charge in [0.1, 0.15) is 11.2 Å². The molecule has 0 saturated heterocycles. The van der Waals surface area contributed by atoms with Gasteiger partial charge in [-0.1, -0.05) is 44.2 Å². The largest absolute Gasteiger partial charge is 0.298 e. The van der Waals surface area contributed by atoms with Gasteiger partial charge in [-0.25, -0.2) is 4.39 Å². The van der Waals surface area contributed by atoms with Gasteiger partial charge in [-0.15, -0.1) is 11.6 Å². The molecular formula is C15H18ClFO. The Balaban J connectivity index is 1.93. The van der Waals surface area contributed by atoms with Crippen molar-refractivity contribution in [3.63, 3.8) is 0 Å². The van der Waals surface area contributed by atoms with Gasteiger partial charge in [0.2, 0.25) is 0 Å². The smallest absolute Gasteiger partial charge is 0.155 e. The first-order chi connectivity index (χ1) is 8.66. The third-order valence-electron chi connectivity index (χ3n) is 3.66. The summed E-state index contributed by atoms with van der Waals surface area (Å²) in [6.45, 7) is 0. The number of Topliss-reactive ketones (excluding diaryl/α,β-unsaturated/α-hetero) is 1. The zero-order valence-electron chi connectivity index (χ0n) is 10.4. The van der Waals surface area contributed by atoms with Crippen LogP contribution in [0.15, 0.2) is 24.3 Å². The summed E-state index contributed by atoms with van der Waals surface area (Å²) >= 11 is 6.16. The molecule has 1 aliphatic carbocycles. The van der Waals surface area contributed by atoms with Crippen LogP contribution in [0.2, 0.25) is 0 Å². The zero-order valence-corrected chi connectivity index (χ0v) is 11.1. The van der Waals surface area contributed by atoms with Crippen molar-refractivity contribution >= 4 is 17.4 Å². The van der Waals surface area contributed by atoms with Gasteiger partial charge in [0.25, 0.3) is 0 Å². The monoisotopic (exact) mass is 268 g/mol. The molecule has 0 N–H and O–H groups in total. The van der Waals surface area contributed by atoms with E-state index in [0.29, 0.717) is 17.9 Å². The molecule has 0 spiro atoms. The van der Waals surface area contributed by atoms with Crippen LogP contribution in [-0.4, -0.2) is 5.78 Å². The highest BCUT2D eigenvalue weighted by Crippen LogP contribution is 2.30. The molecule has 0 radical (unpaired) electrons. The third kappa shape index (κ3) is 3.55. The summed E-state index contributed by atoms with van der Waals surface area (Å²) in [5.41, 5.74) is 0.693. The number of benzene rings is 1. The zero-order chi connectivity index (χ0) is 13.0. The Labute approximate surface area is 112 Å². The first-order valence-corrected chi connectivity index (χ1v) is 7.02. The predicted molar refractivity (Wildman–Crippen MR) is 71.2 cm³/mol. The second-order valence-electron chi connectivity index (χ2n) is 5.09. The van der Waals surface area contributed by atoms with Crippen molar-refractivity contribution in [3.05, 3.63) is 35.6 Å². The van der Waals surface area contributed by atoms with Gasteiger partial charge in [-0.05, 0) is 23.6 Å². The summed E-state index contributed by atoms with van der Waals surface area (Å²) in [6, 6.07) is 5.87. The molecule has 2 rings (SSSR count). The summed E-state index contributed by atoms with van der Waals surface area (Å²) in [4.78, 5) is 12.1. The Hall–Kier alpha value is -0.890. The van der Waals surface area contributed by atoms with E-state index in [4.69, 9.17) is 11.6 Å². The van der Waals surface area contributed by atoms with Crippen LogP contribution in [0.3, 0.4) is 0 Å². The molecule has 1 aliphatic rings. The number of carbonyl (C=O) groups excluding carboxylic acids is 1. The summed E-state index contributed by atoms with van der Waals surface area (Å²) in [5.74, 6) is 0.255. The number of ketones is 1. The minimum absolute atomic E-state index is 0.0650. The fourth-order valence-corrected chi connectivity index (χ4v) is 2.83. The first-order valence-electron chi connectivity index (χ1n) is 6.59. The van der Waals surface area contributed by atoms with Crippen molar-refractivity contribution < 1.29 is 9.18 Å². The van der Waals surface area contributed by atoms with Crippen LogP contribution in [0.4, 0.5) is 4.39 Å². The molecule has 98 valence electrons. The SMILES string of the molecule is O=C(CC1CCCCC1)C(Cl)c1ccc(F)cc1. The van der Waals surface area contributed by atoms with Crippen molar-refractivity contribution in [1.82, 2.24) is 0 Å². The highest BCUT2D eigenvalue weighted by molar-refractivity contribution is 6.31. The van der Waals surface area contributed by atoms with Crippen LogP contribution >= 0.6 is 11.6 Å². The normalized spacial score (nSPS) is 18.6. The van der Waals surface area contributed by atoms with Crippen LogP contribution < -0.4 is 0 Å². The number of halogens is 2. The molecule has 1 nitrogen and oxygen atoms in total. The summed E-state index contributed by atoms with van der Waals surface area (Å²) < 4.78 is 12.8. The van der Waals surface area contributed by atoms with Gasteiger partial charge in [-0.3, -0.25) is 4.79 Å². The van der Waals surface area contributed by atoms with E-state index >= 15 is 0 Å². The maximum Gasteiger partial charge on any atom is 0.155 e. The Morgan fingerprint density at radius 1 is 1.22 bits per heavy atom. The standard InChI is InChI=1S/C15H18ClFO/c16-15(12-6-8-13(17)9-7-12)14(18)10-11-4-2-1-3-5-11/h6-9,11,15H,1-5,10H2. The molecule has 0 bridgehead atoms. The molecule has 0 heterocycles. The van der Waals surface area contributed by atoms with E-state index in [1.807, 2.05) is 0 Å². The molecule has 1 unspecified atom stereocenters. The fraction of sp³-hybridized carbons (Fsp3) is 0.533. The van der Waals surface area contributed by atoms with E-state index in [-0.39, 0.29) is 11.6 Å². The quantitative estimate of drug-likeness (QED) is 0.727. The molecule has 3 heteroatoms. The summed E-state index contributed by atoms with van der Waals surface area (Å²) in [6.07, 6.45) is 6.57. The van der Waals surface area contributed by atoms with Gasteiger partial charge < -0.3 is 0 Å². The maximum atomic E-state index is 12.8. The highest BCUT2D eigenvalue weighted by Gasteiger charge is 2.23. The maximum absolute atomic E-state index is 12.8. The van der Waals surface area contributed by atoms with Crippen LogP contribution in [0.5, 0.6) is 0 Å². The van der Waals surface area contributed by atoms with E-state index in [2.05, 4.69) is 0 Å². The molecule has 0 aromatic heterocycles. The van der Waals surface area contributed by atoms with Crippen molar-refractivity contribution in [2.45, 2.75) is 43.9 Å². The predicted octanol–water partition coefficient (Wildman–Crippen LogP) is 4.65. The molecule has 0 aliphatic heterocycles. The lowest BCUT2D eigenvalue weighted by Gasteiger charge is -2.21. The minimum Gasteiger partial charge on any atom is -0.298 e. The van der Waals surface area contributed by atoms with E-state index in [1.165, 1.54) is 31.4 Å². The van der Waals surface area contributed by atoms with Crippen molar-refractivity contribution in [1.29, 1.82) is 0 Å². The van der Waals surface area contributed by atoms with Gasteiger partial charge in [-0.2, -0.15) is 0 Å². The number of alkyl halides is 1. The topological polar surface area (TPSA) is 17.1 Å². The molecular weight excluding hydrogens is 251 g/mol. The Kier molecular flexibility index (Phi) is 4.76. The molecule has 18 heavy (non-hydrogen) atoms. The number of hydrogen-bond donors (Lipinski definition) is 0. The average molecular weight is 269 g/mol. The lowest BCUT2D eigenvalue weighted by molar-refractivity contribution is -0.119. The van der Waals surface area contributed by atoms with E-state index in [0.717, 1.165) is 12.8 Å². The van der Waals surface area contributed by atoms with Crippen molar-refractivity contribution in [2.24, 2.45) is 5.92 Å². The van der Waals surface area contributed by atoms with E-state index in [1.54, 1.807) is 12.1 Å². The lowest BCUT2D eigenvalue weighted by Crippen LogP contribution is -2.15. The van der Waals surface area contributed by atoms with Gasteiger partial charge in [0.05, 0.1) is 0 Å². The molecule has 1 aromatic carbocycles. The van der Waals surface area contributed by atoms with Crippen molar-refractivity contribution in [3.8, 4) is 0 Å². The Morgan fingerprint density at radius 3 is 2.44 bits per heavy atom. The van der Waals surface area contributed by atoms with E-state index < -0.39 is 5.38 Å². The first kappa shape index (κ1) is 13.5. The average Bonchev–Trinajstić information content (AvgIpc) is 2.40. The number of rotatable bonds is 4. The molecule has 1 fully saturated rings. The second kappa shape index (κ2) is 6.33. The van der Waals surface area contributed by atoms with Crippen LogP contribution in [-0.2, 0) is 4.79 Å². The number of carbonyl (C=O) groups is 1. The molecule has 0 amide bonds. The van der Waals surface area contributed by atoms with Crippen LogP contribution in [0.1, 0.15) is 49.5 Å². The number of hydrogen-bond acceptors (Lipinski definition) is 1. The van der Waals surface area contributed by atoms with Gasteiger partial charge in [0, 0.05) is 6.42 Å². The van der Waals surface area contributed by atoms with Crippen molar-refractivity contribution in [2.75, 3.05) is 0 Å². The van der Waals surface area contributed by atoms with Crippen LogP contribution in [0.25, 0.3) is 0 Å². The van der Waals surface area contributed by atoms with Gasteiger partial charge >= 0.3 is 0 Å². The van der Waals surface area contributed by atoms with Crippen LogP contribution in [0, 0.1) is 11.7 Å². The fourth-order valence-electron chi connectivity index (χ4n) is 2.60. The lowest BCUT2D eigenvalue weighted by atomic mass is 9.85. The summed E-state index contributed by atoms with van der Waals surface area (Å²) in [7, 11) is 0. The molecule has 1 aromatic rings. The van der Waals surface area contributed by atoms with E-state index in [9.17, 15) is 9.18 Å². The molecule has 1 saturated carbocycles. The molecule has 1 atom stereocenters. The Morgan fingerprint density at radius 2 is 1.83 bits per heavy atom. The highest BCUT2D eigenvalue weighted by atomic mass is 35.5. The third-order valence-corrected chi connectivity index (χ3v) is 4.16. The minimum atomic E-state index is -0.632. The van der Waals surface area contributed by atoms with Gasteiger partial charge in [0.15, 0.2) is 5.78 Å². The summed E-state index contributed by atoms with van der Waals surface area (Å²) in [5, 5.41) is -0.632. The Bertz CT molecular complexity index is 395.